The standard InChI is InChI=1S/C14H22N2O2/c1-10-5-6-13(12(7-10)8-11(2)15)18-9-14(17)16(3)4/h5-7,11H,8-9,15H2,1-4H3. The predicted molar refractivity (Wildman–Crippen MR) is 72.7 cm³/mol. The number of ether oxygens (including phenoxy) is 1. The summed E-state index contributed by atoms with van der Waals surface area (Å²) in [5.74, 6) is 0.690. The number of rotatable bonds is 5. The van der Waals surface area contributed by atoms with Gasteiger partial charge in [-0.3, -0.25) is 4.79 Å². The van der Waals surface area contributed by atoms with Crippen molar-refractivity contribution in [2.45, 2.75) is 26.3 Å². The van der Waals surface area contributed by atoms with E-state index in [1.807, 2.05) is 26.0 Å². The van der Waals surface area contributed by atoms with Gasteiger partial charge in [0.15, 0.2) is 6.61 Å². The van der Waals surface area contributed by atoms with Gasteiger partial charge in [0.05, 0.1) is 0 Å². The molecule has 0 aliphatic heterocycles. The van der Waals surface area contributed by atoms with Crippen molar-refractivity contribution in [2.75, 3.05) is 20.7 Å². The molecule has 1 amide bonds. The normalized spacial score (nSPS) is 12.1. The highest BCUT2D eigenvalue weighted by Gasteiger charge is 2.10. The van der Waals surface area contributed by atoms with Crippen LogP contribution in [0.4, 0.5) is 0 Å². The van der Waals surface area contributed by atoms with Gasteiger partial charge >= 0.3 is 0 Å². The Morgan fingerprint density at radius 1 is 1.44 bits per heavy atom. The van der Waals surface area contributed by atoms with Gasteiger partial charge in [-0.1, -0.05) is 17.7 Å². The van der Waals surface area contributed by atoms with Crippen LogP contribution in [-0.4, -0.2) is 37.6 Å². The zero-order chi connectivity index (χ0) is 13.7. The van der Waals surface area contributed by atoms with Gasteiger partial charge in [-0.2, -0.15) is 0 Å². The summed E-state index contributed by atoms with van der Waals surface area (Å²) >= 11 is 0. The largest absolute Gasteiger partial charge is 0.483 e. The van der Waals surface area contributed by atoms with Crippen LogP contribution in [0.15, 0.2) is 18.2 Å². The Kier molecular flexibility index (Phi) is 5.16. The molecule has 4 nitrogen and oxygen atoms in total. The second kappa shape index (κ2) is 6.40. The zero-order valence-electron chi connectivity index (χ0n) is 11.6. The van der Waals surface area contributed by atoms with E-state index < -0.39 is 0 Å². The Balaban J connectivity index is 2.78. The minimum Gasteiger partial charge on any atom is -0.483 e. The van der Waals surface area contributed by atoms with Gasteiger partial charge in [-0.25, -0.2) is 0 Å². The van der Waals surface area contributed by atoms with Crippen LogP contribution in [0, 0.1) is 6.92 Å². The van der Waals surface area contributed by atoms with Gasteiger partial charge in [0.1, 0.15) is 5.75 Å². The molecule has 1 aromatic carbocycles. The van der Waals surface area contributed by atoms with E-state index in [0.717, 1.165) is 23.3 Å². The summed E-state index contributed by atoms with van der Waals surface area (Å²) in [4.78, 5) is 13.0. The molecule has 4 heteroatoms. The lowest BCUT2D eigenvalue weighted by Gasteiger charge is -2.15. The fourth-order valence-corrected chi connectivity index (χ4v) is 1.62. The average molecular weight is 250 g/mol. The molecule has 0 bridgehead atoms. The van der Waals surface area contributed by atoms with Gasteiger partial charge in [-0.15, -0.1) is 0 Å². The third-order valence-corrected chi connectivity index (χ3v) is 2.61. The summed E-state index contributed by atoms with van der Waals surface area (Å²) in [6, 6.07) is 5.99. The number of hydrogen-bond donors (Lipinski definition) is 1. The molecule has 100 valence electrons. The topological polar surface area (TPSA) is 55.6 Å². The third kappa shape index (κ3) is 4.37. The Labute approximate surface area is 109 Å². The fraction of sp³-hybridized carbons (Fsp3) is 0.500. The molecule has 1 aromatic rings. The maximum atomic E-state index is 11.5. The van der Waals surface area contributed by atoms with Crippen molar-refractivity contribution < 1.29 is 9.53 Å². The molecule has 0 saturated heterocycles. The van der Waals surface area contributed by atoms with Gasteiger partial charge in [-0.05, 0) is 31.9 Å². The Hall–Kier alpha value is -1.55. The van der Waals surface area contributed by atoms with Crippen LogP contribution in [-0.2, 0) is 11.2 Å². The van der Waals surface area contributed by atoms with Crippen molar-refractivity contribution >= 4 is 5.91 Å². The minimum absolute atomic E-state index is 0.0534. The molecule has 1 atom stereocenters. The quantitative estimate of drug-likeness (QED) is 0.858. The van der Waals surface area contributed by atoms with Crippen LogP contribution >= 0.6 is 0 Å². The summed E-state index contributed by atoms with van der Waals surface area (Å²) < 4.78 is 5.57. The first-order valence-electron chi connectivity index (χ1n) is 6.08. The van der Waals surface area contributed by atoms with Gasteiger partial charge in [0, 0.05) is 20.1 Å². The molecular weight excluding hydrogens is 228 g/mol. The van der Waals surface area contributed by atoms with Crippen LogP contribution in [0.1, 0.15) is 18.1 Å². The fourth-order valence-electron chi connectivity index (χ4n) is 1.62. The average Bonchev–Trinajstić information content (AvgIpc) is 2.26. The molecule has 1 rings (SSSR count). The molecule has 0 aliphatic rings. The Morgan fingerprint density at radius 2 is 2.11 bits per heavy atom. The van der Waals surface area contributed by atoms with Crippen LogP contribution in [0.5, 0.6) is 5.75 Å². The molecule has 0 saturated carbocycles. The molecule has 2 N–H and O–H groups in total. The first-order chi connectivity index (χ1) is 8.40. The van der Waals surface area contributed by atoms with E-state index in [1.165, 1.54) is 4.90 Å². The molecule has 0 fully saturated rings. The first-order valence-corrected chi connectivity index (χ1v) is 6.08. The molecule has 0 aliphatic carbocycles. The van der Waals surface area contributed by atoms with E-state index >= 15 is 0 Å². The minimum atomic E-state index is -0.0534. The summed E-state index contributed by atoms with van der Waals surface area (Å²) in [5, 5.41) is 0. The van der Waals surface area contributed by atoms with Crippen molar-refractivity contribution in [1.29, 1.82) is 0 Å². The predicted octanol–water partition coefficient (Wildman–Crippen LogP) is 1.35. The van der Waals surface area contributed by atoms with E-state index in [2.05, 4.69) is 6.07 Å². The second-order valence-corrected chi connectivity index (χ2v) is 4.87. The lowest BCUT2D eigenvalue weighted by molar-refractivity contribution is -0.130. The first kappa shape index (κ1) is 14.5. The monoisotopic (exact) mass is 250 g/mol. The van der Waals surface area contributed by atoms with Crippen LogP contribution in [0.25, 0.3) is 0 Å². The maximum absolute atomic E-state index is 11.5. The second-order valence-electron chi connectivity index (χ2n) is 4.87. The van der Waals surface area contributed by atoms with Crippen molar-refractivity contribution in [3.05, 3.63) is 29.3 Å². The van der Waals surface area contributed by atoms with E-state index in [-0.39, 0.29) is 18.6 Å². The van der Waals surface area contributed by atoms with Crippen molar-refractivity contribution in [2.24, 2.45) is 5.73 Å². The summed E-state index contributed by atoms with van der Waals surface area (Å²) in [5.41, 5.74) is 8.03. The molecule has 0 heterocycles. The number of carbonyl (C=O) groups is 1. The Morgan fingerprint density at radius 3 is 2.67 bits per heavy atom. The van der Waals surface area contributed by atoms with Crippen LogP contribution < -0.4 is 10.5 Å². The van der Waals surface area contributed by atoms with Crippen molar-refractivity contribution in [1.82, 2.24) is 4.90 Å². The number of nitrogens with zero attached hydrogens (tertiary/aromatic N) is 1. The molecule has 0 aromatic heterocycles. The summed E-state index contributed by atoms with van der Waals surface area (Å²) in [6.07, 6.45) is 0.743. The molecule has 1 unspecified atom stereocenters. The Bertz CT molecular complexity index is 414. The SMILES string of the molecule is Cc1ccc(OCC(=O)N(C)C)c(CC(C)N)c1. The number of benzene rings is 1. The smallest absolute Gasteiger partial charge is 0.259 e. The van der Waals surface area contributed by atoms with Crippen molar-refractivity contribution in [3.8, 4) is 5.75 Å². The lowest BCUT2D eigenvalue weighted by atomic mass is 10.0. The van der Waals surface area contributed by atoms with Crippen LogP contribution in [0.3, 0.4) is 0 Å². The number of carbonyl (C=O) groups excluding carboxylic acids is 1. The van der Waals surface area contributed by atoms with Crippen LogP contribution in [0.2, 0.25) is 0 Å². The van der Waals surface area contributed by atoms with Gasteiger partial charge < -0.3 is 15.4 Å². The summed E-state index contributed by atoms with van der Waals surface area (Å²) in [7, 11) is 3.42. The highest BCUT2D eigenvalue weighted by Crippen LogP contribution is 2.21. The third-order valence-electron chi connectivity index (χ3n) is 2.61. The van der Waals surface area contributed by atoms with Gasteiger partial charge in [0.2, 0.25) is 0 Å². The molecular formula is C14H22N2O2. The maximum Gasteiger partial charge on any atom is 0.259 e. The van der Waals surface area contributed by atoms with E-state index in [4.69, 9.17) is 10.5 Å². The van der Waals surface area contributed by atoms with Crippen molar-refractivity contribution in [3.63, 3.8) is 0 Å². The number of aryl methyl sites for hydroxylation is 1. The number of amides is 1. The molecule has 18 heavy (non-hydrogen) atoms. The van der Waals surface area contributed by atoms with E-state index in [1.54, 1.807) is 14.1 Å². The van der Waals surface area contributed by atoms with E-state index in [0.29, 0.717) is 0 Å². The summed E-state index contributed by atoms with van der Waals surface area (Å²) in [6.45, 7) is 4.04. The highest BCUT2D eigenvalue weighted by molar-refractivity contribution is 5.77. The molecule has 0 spiro atoms. The number of hydrogen-bond acceptors (Lipinski definition) is 3. The zero-order valence-corrected chi connectivity index (χ0v) is 11.6. The number of likely N-dealkylation sites (N-methyl/N-ethyl adjacent to an activating group) is 1. The molecule has 0 radical (unpaired) electrons. The lowest BCUT2D eigenvalue weighted by Crippen LogP contribution is -2.28. The highest BCUT2D eigenvalue weighted by atomic mass is 16.5. The van der Waals surface area contributed by atoms with Gasteiger partial charge in [0.25, 0.3) is 5.91 Å². The number of nitrogens with two attached hydrogens (primary N) is 1. The van der Waals surface area contributed by atoms with E-state index in [9.17, 15) is 4.79 Å².